The number of hydrogen-bond acceptors (Lipinski definition) is 7. The van der Waals surface area contributed by atoms with E-state index in [1.165, 1.54) is 16.8 Å². The Hall–Kier alpha value is -3.31. The van der Waals surface area contributed by atoms with Crippen molar-refractivity contribution >= 4 is 17.6 Å². The van der Waals surface area contributed by atoms with Crippen LogP contribution in [0.25, 0.3) is 5.65 Å². The fraction of sp³-hybridized carbons (Fsp3) is 0.350. The summed E-state index contributed by atoms with van der Waals surface area (Å²) in [7, 11) is 0. The molecule has 1 atom stereocenters. The van der Waals surface area contributed by atoms with Crippen molar-refractivity contribution in [3.05, 3.63) is 53.9 Å². The molecule has 1 saturated heterocycles. The number of anilines is 1. The van der Waals surface area contributed by atoms with Crippen LogP contribution in [0.15, 0.2) is 36.7 Å². The number of amides is 1. The Morgan fingerprint density at radius 3 is 2.87 bits per heavy atom. The highest BCUT2D eigenvalue weighted by Crippen LogP contribution is 2.37. The number of hydrogen-bond donors (Lipinski definition) is 3. The summed E-state index contributed by atoms with van der Waals surface area (Å²) in [5, 5.41) is 24.5. The summed E-state index contributed by atoms with van der Waals surface area (Å²) in [4.78, 5) is 18.4. The third kappa shape index (κ3) is 4.28. The van der Waals surface area contributed by atoms with Crippen LogP contribution >= 0.6 is 0 Å². The molecular weight excluding hydrogens is 412 g/mol. The lowest BCUT2D eigenvalue weighted by molar-refractivity contribution is 0.153. The van der Waals surface area contributed by atoms with E-state index < -0.39 is 37.0 Å². The third-order valence-corrected chi connectivity index (χ3v) is 5.15. The molecule has 2 aromatic heterocycles. The predicted octanol–water partition coefficient (Wildman–Crippen LogP) is 1.79. The first-order valence-corrected chi connectivity index (χ1v) is 9.76. The zero-order valence-corrected chi connectivity index (χ0v) is 16.4. The highest BCUT2D eigenvalue weighted by atomic mass is 19.1. The number of benzene rings is 1. The van der Waals surface area contributed by atoms with E-state index in [2.05, 4.69) is 15.4 Å². The first kappa shape index (κ1) is 20.9. The van der Waals surface area contributed by atoms with Gasteiger partial charge in [-0.3, -0.25) is 0 Å². The van der Waals surface area contributed by atoms with Gasteiger partial charge in [0, 0.05) is 18.3 Å². The number of aromatic nitrogens is 3. The largest absolute Gasteiger partial charge is 0.413 e. The van der Waals surface area contributed by atoms with E-state index in [0.29, 0.717) is 18.8 Å². The molecule has 1 aliphatic heterocycles. The molecule has 0 bridgehead atoms. The third-order valence-electron chi connectivity index (χ3n) is 5.15. The summed E-state index contributed by atoms with van der Waals surface area (Å²) in [6.07, 6.45) is 3.48. The standard InChI is InChI=1S/C20H21F2N5O4/c21-12-3-4-15(22)14(8-12)16-2-1-6-26(16)18-5-7-27-19(25-18)17(9-23-27)31-20(30)24-13(10-28)11-29/h3-5,7-9,13,16,28-29H,1-2,6,10-11H2,(H,24,30)/t16-/m1/s1. The highest BCUT2D eigenvalue weighted by Gasteiger charge is 2.30. The fourth-order valence-electron chi connectivity index (χ4n) is 3.65. The van der Waals surface area contributed by atoms with Crippen LogP contribution in [0.3, 0.4) is 0 Å². The lowest BCUT2D eigenvalue weighted by Crippen LogP contribution is -2.41. The summed E-state index contributed by atoms with van der Waals surface area (Å²) in [5.74, 6) is -0.408. The number of halogens is 2. The van der Waals surface area contributed by atoms with E-state index >= 15 is 0 Å². The van der Waals surface area contributed by atoms with Crippen LogP contribution in [0, 0.1) is 11.6 Å². The molecule has 1 amide bonds. The van der Waals surface area contributed by atoms with Gasteiger partial charge in [0.15, 0.2) is 5.75 Å². The molecule has 4 rings (SSSR count). The number of fused-ring (bicyclic) bond motifs is 1. The van der Waals surface area contributed by atoms with Gasteiger partial charge in [0.25, 0.3) is 0 Å². The Kier molecular flexibility index (Phi) is 5.96. The maximum Gasteiger partial charge on any atom is 0.413 e. The van der Waals surface area contributed by atoms with Crippen molar-refractivity contribution in [2.45, 2.75) is 24.9 Å². The van der Waals surface area contributed by atoms with E-state index in [4.69, 9.17) is 14.9 Å². The fourth-order valence-corrected chi connectivity index (χ4v) is 3.65. The van der Waals surface area contributed by atoms with Crippen molar-refractivity contribution in [3.8, 4) is 5.75 Å². The summed E-state index contributed by atoms with van der Waals surface area (Å²) in [6.45, 7) is -0.297. The van der Waals surface area contributed by atoms with Gasteiger partial charge < -0.3 is 25.2 Å². The maximum absolute atomic E-state index is 14.4. The number of rotatable bonds is 6. The van der Waals surface area contributed by atoms with Crippen LogP contribution in [0.1, 0.15) is 24.4 Å². The van der Waals surface area contributed by atoms with Crippen LogP contribution in [0.4, 0.5) is 19.4 Å². The summed E-state index contributed by atoms with van der Waals surface area (Å²) < 4.78 is 34.7. The van der Waals surface area contributed by atoms with Gasteiger partial charge in [-0.25, -0.2) is 23.1 Å². The van der Waals surface area contributed by atoms with Gasteiger partial charge >= 0.3 is 6.09 Å². The first-order valence-electron chi connectivity index (χ1n) is 9.76. The summed E-state index contributed by atoms with van der Waals surface area (Å²) in [5.41, 5.74) is 0.519. The quantitative estimate of drug-likeness (QED) is 0.543. The molecule has 0 radical (unpaired) electrons. The van der Waals surface area contributed by atoms with Gasteiger partial charge in [0.2, 0.25) is 5.65 Å². The molecule has 31 heavy (non-hydrogen) atoms. The molecule has 1 aliphatic rings. The number of carbonyl (C=O) groups excluding carboxylic acids is 1. The lowest BCUT2D eigenvalue weighted by atomic mass is 10.0. The Bertz CT molecular complexity index is 1090. The SMILES string of the molecule is O=C(NC(CO)CO)Oc1cnn2ccc(N3CCC[C@@H]3c3cc(F)ccc3F)nc12. The van der Waals surface area contributed by atoms with E-state index in [1.807, 2.05) is 4.90 Å². The number of nitrogens with one attached hydrogen (secondary N) is 1. The Morgan fingerprint density at radius 2 is 2.10 bits per heavy atom. The number of ether oxygens (including phenoxy) is 1. The molecule has 0 unspecified atom stereocenters. The van der Waals surface area contributed by atoms with E-state index in [1.54, 1.807) is 12.3 Å². The van der Waals surface area contributed by atoms with E-state index in [9.17, 15) is 13.6 Å². The minimum Gasteiger partial charge on any atom is -0.405 e. The molecule has 164 valence electrons. The average molecular weight is 433 g/mol. The van der Waals surface area contributed by atoms with Crippen molar-refractivity contribution in [1.29, 1.82) is 0 Å². The van der Waals surface area contributed by atoms with Crippen molar-refractivity contribution in [2.75, 3.05) is 24.7 Å². The minimum absolute atomic E-state index is 0.0710. The van der Waals surface area contributed by atoms with Gasteiger partial charge in [-0.05, 0) is 37.1 Å². The van der Waals surface area contributed by atoms with Gasteiger partial charge in [0.1, 0.15) is 17.5 Å². The van der Waals surface area contributed by atoms with Crippen LogP contribution in [-0.4, -0.2) is 56.7 Å². The van der Waals surface area contributed by atoms with E-state index in [-0.39, 0.29) is 23.0 Å². The molecule has 3 aromatic rings. The molecule has 11 heteroatoms. The second-order valence-electron chi connectivity index (χ2n) is 7.18. The first-order chi connectivity index (χ1) is 15.0. The van der Waals surface area contributed by atoms with Crippen molar-refractivity contribution in [2.24, 2.45) is 0 Å². The van der Waals surface area contributed by atoms with Crippen molar-refractivity contribution in [1.82, 2.24) is 19.9 Å². The Morgan fingerprint density at radius 1 is 1.29 bits per heavy atom. The van der Waals surface area contributed by atoms with E-state index in [0.717, 1.165) is 18.6 Å². The molecular formula is C20H21F2N5O4. The molecule has 0 spiro atoms. The zero-order chi connectivity index (χ0) is 22.0. The molecule has 1 fully saturated rings. The number of aliphatic hydroxyl groups is 2. The average Bonchev–Trinajstić information content (AvgIpc) is 3.41. The second-order valence-corrected chi connectivity index (χ2v) is 7.18. The predicted molar refractivity (Wildman–Crippen MR) is 106 cm³/mol. The molecule has 0 saturated carbocycles. The van der Waals surface area contributed by atoms with Gasteiger partial charge in [-0.1, -0.05) is 0 Å². The van der Waals surface area contributed by atoms with Gasteiger partial charge in [-0.15, -0.1) is 0 Å². The number of nitrogens with zero attached hydrogens (tertiary/aromatic N) is 4. The zero-order valence-electron chi connectivity index (χ0n) is 16.4. The second kappa shape index (κ2) is 8.82. The van der Waals surface area contributed by atoms with Crippen LogP contribution in [0.2, 0.25) is 0 Å². The normalized spacial score (nSPS) is 16.3. The molecule has 3 heterocycles. The van der Waals surface area contributed by atoms with Crippen LogP contribution in [0.5, 0.6) is 5.75 Å². The number of aliphatic hydroxyl groups excluding tert-OH is 2. The van der Waals surface area contributed by atoms with Gasteiger partial charge in [0.05, 0.1) is 31.5 Å². The van der Waals surface area contributed by atoms with Gasteiger partial charge in [-0.2, -0.15) is 5.10 Å². The highest BCUT2D eigenvalue weighted by molar-refractivity contribution is 5.73. The minimum atomic E-state index is -0.879. The van der Waals surface area contributed by atoms with Crippen molar-refractivity contribution in [3.63, 3.8) is 0 Å². The smallest absolute Gasteiger partial charge is 0.405 e. The van der Waals surface area contributed by atoms with Crippen LogP contribution in [-0.2, 0) is 0 Å². The summed E-state index contributed by atoms with van der Waals surface area (Å²) in [6, 6.07) is 3.87. The summed E-state index contributed by atoms with van der Waals surface area (Å²) >= 11 is 0. The Labute approximate surface area is 175 Å². The van der Waals surface area contributed by atoms with Crippen LogP contribution < -0.4 is 15.0 Å². The van der Waals surface area contributed by atoms with Crippen molar-refractivity contribution < 1.29 is 28.5 Å². The molecule has 1 aromatic carbocycles. The molecule has 9 nitrogen and oxygen atoms in total. The monoisotopic (exact) mass is 433 g/mol. The Balaban J connectivity index is 1.61. The maximum atomic E-state index is 14.4. The lowest BCUT2D eigenvalue weighted by Gasteiger charge is -2.26. The molecule has 3 N–H and O–H groups in total. The topological polar surface area (TPSA) is 112 Å². The number of carbonyl (C=O) groups is 1. The molecule has 0 aliphatic carbocycles.